The molecule has 0 radical (unpaired) electrons. The molecule has 0 aromatic carbocycles. The van der Waals surface area contributed by atoms with Gasteiger partial charge in [-0.15, -0.1) is 11.8 Å². The lowest BCUT2D eigenvalue weighted by Gasteiger charge is -1.97. The molecular formula is C9H18S. The summed E-state index contributed by atoms with van der Waals surface area (Å²) in [6.45, 7) is 6.64. The van der Waals surface area contributed by atoms with E-state index >= 15 is 0 Å². The molecule has 0 nitrogen and oxygen atoms in total. The first-order chi connectivity index (χ1) is 4.81. The van der Waals surface area contributed by atoms with Gasteiger partial charge in [-0.05, 0) is 30.4 Å². The van der Waals surface area contributed by atoms with Crippen LogP contribution >= 0.6 is 11.8 Å². The molecular weight excluding hydrogens is 140 g/mol. The second-order valence-corrected chi connectivity index (χ2v) is 3.79. The molecule has 0 atom stereocenters. The van der Waals surface area contributed by atoms with E-state index in [1.165, 1.54) is 29.9 Å². The van der Waals surface area contributed by atoms with E-state index in [2.05, 4.69) is 26.8 Å². The monoisotopic (exact) mass is 158 g/mol. The maximum Gasteiger partial charge on any atom is -0.00261 e. The number of allylic oxidation sites excluding steroid dienone is 2. The van der Waals surface area contributed by atoms with Crippen molar-refractivity contribution in [2.24, 2.45) is 0 Å². The Morgan fingerprint density at radius 1 is 1.30 bits per heavy atom. The molecule has 0 fully saturated rings. The van der Waals surface area contributed by atoms with Crippen molar-refractivity contribution in [1.29, 1.82) is 0 Å². The van der Waals surface area contributed by atoms with E-state index in [0.717, 1.165) is 0 Å². The number of unbranched alkanes of at least 4 members (excludes halogenated alkanes) is 1. The molecule has 0 saturated heterocycles. The summed E-state index contributed by atoms with van der Waals surface area (Å²) in [6, 6.07) is 0. The highest BCUT2D eigenvalue weighted by molar-refractivity contribution is 8.03. The first-order valence-corrected chi connectivity index (χ1v) is 5.09. The van der Waals surface area contributed by atoms with Gasteiger partial charge >= 0.3 is 0 Å². The molecule has 0 bridgehead atoms. The summed E-state index contributed by atoms with van der Waals surface area (Å²) in [5.41, 5.74) is 0. The van der Waals surface area contributed by atoms with E-state index in [1.807, 2.05) is 11.8 Å². The van der Waals surface area contributed by atoms with Crippen molar-refractivity contribution in [1.82, 2.24) is 0 Å². The molecule has 0 saturated carbocycles. The first kappa shape index (κ1) is 10.1. The third-order valence-corrected chi connectivity index (χ3v) is 2.49. The van der Waals surface area contributed by atoms with Crippen molar-refractivity contribution in [3.8, 4) is 0 Å². The van der Waals surface area contributed by atoms with Crippen molar-refractivity contribution < 1.29 is 0 Å². The Morgan fingerprint density at radius 3 is 2.50 bits per heavy atom. The Bertz CT molecular complexity index is 94.9. The predicted molar refractivity (Wildman–Crippen MR) is 51.4 cm³/mol. The van der Waals surface area contributed by atoms with Gasteiger partial charge in [0.2, 0.25) is 0 Å². The van der Waals surface area contributed by atoms with Gasteiger partial charge in [0.15, 0.2) is 0 Å². The van der Waals surface area contributed by atoms with Crippen molar-refractivity contribution in [2.45, 2.75) is 40.0 Å². The highest BCUT2D eigenvalue weighted by atomic mass is 32.2. The van der Waals surface area contributed by atoms with Gasteiger partial charge < -0.3 is 0 Å². The average Bonchev–Trinajstić information content (AvgIpc) is 1.97. The lowest BCUT2D eigenvalue weighted by molar-refractivity contribution is 0.955. The quantitative estimate of drug-likeness (QED) is 0.586. The largest absolute Gasteiger partial charge is 0.131 e. The number of rotatable bonds is 5. The normalized spacial score (nSPS) is 12.1. The standard InChI is InChI=1S/C9H18S/c1-4-6-7-9(3)10-8-5-2/h7H,4-6,8H2,1-3H3/b9-7-. The van der Waals surface area contributed by atoms with Crippen LogP contribution in [0.3, 0.4) is 0 Å². The first-order valence-electron chi connectivity index (χ1n) is 4.10. The Morgan fingerprint density at radius 2 is 2.00 bits per heavy atom. The van der Waals surface area contributed by atoms with E-state index in [1.54, 1.807) is 0 Å². The molecule has 0 aromatic rings. The zero-order valence-electron chi connectivity index (χ0n) is 7.31. The minimum absolute atomic E-state index is 1.24. The van der Waals surface area contributed by atoms with E-state index in [4.69, 9.17) is 0 Å². The van der Waals surface area contributed by atoms with Crippen LogP contribution in [0.5, 0.6) is 0 Å². The molecule has 0 rings (SSSR count). The van der Waals surface area contributed by atoms with Gasteiger partial charge in [-0.25, -0.2) is 0 Å². The molecule has 60 valence electrons. The van der Waals surface area contributed by atoms with E-state index in [9.17, 15) is 0 Å². The van der Waals surface area contributed by atoms with Gasteiger partial charge in [-0.1, -0.05) is 26.3 Å². The SMILES string of the molecule is CCC/C=C(/C)SCCC. The van der Waals surface area contributed by atoms with Crippen molar-refractivity contribution in [2.75, 3.05) is 5.75 Å². The molecule has 10 heavy (non-hydrogen) atoms. The van der Waals surface area contributed by atoms with Gasteiger partial charge in [-0.3, -0.25) is 0 Å². The molecule has 0 aliphatic carbocycles. The second-order valence-electron chi connectivity index (χ2n) is 2.45. The number of thioether (sulfide) groups is 1. The Kier molecular flexibility index (Phi) is 7.26. The molecule has 1 heteroatoms. The lowest BCUT2D eigenvalue weighted by atomic mass is 10.3. The van der Waals surface area contributed by atoms with Gasteiger partial charge in [0.1, 0.15) is 0 Å². The third-order valence-electron chi connectivity index (χ3n) is 1.25. The number of hydrogen-bond acceptors (Lipinski definition) is 1. The fourth-order valence-electron chi connectivity index (χ4n) is 0.670. The summed E-state index contributed by atoms with van der Waals surface area (Å²) in [5, 5.41) is 0. The molecule has 0 unspecified atom stereocenters. The van der Waals surface area contributed by atoms with Crippen molar-refractivity contribution in [3.63, 3.8) is 0 Å². The fraction of sp³-hybridized carbons (Fsp3) is 0.778. The van der Waals surface area contributed by atoms with E-state index in [-0.39, 0.29) is 0 Å². The number of hydrogen-bond donors (Lipinski definition) is 0. The molecule has 0 N–H and O–H groups in total. The molecule has 0 aromatic heterocycles. The van der Waals surface area contributed by atoms with Crippen LogP contribution in [0, 0.1) is 0 Å². The Hall–Kier alpha value is 0.0900. The third kappa shape index (κ3) is 6.21. The second kappa shape index (κ2) is 7.20. The minimum Gasteiger partial charge on any atom is -0.131 e. The molecule has 0 amide bonds. The van der Waals surface area contributed by atoms with Crippen LogP contribution < -0.4 is 0 Å². The smallest absolute Gasteiger partial charge is 0.00261 e. The van der Waals surface area contributed by atoms with Gasteiger partial charge in [0.25, 0.3) is 0 Å². The van der Waals surface area contributed by atoms with Crippen LogP contribution in [0.15, 0.2) is 11.0 Å². The maximum atomic E-state index is 2.33. The highest BCUT2D eigenvalue weighted by Crippen LogP contribution is 2.16. The Labute approximate surface area is 69.1 Å². The summed E-state index contributed by atoms with van der Waals surface area (Å²) < 4.78 is 0. The minimum atomic E-state index is 1.24. The van der Waals surface area contributed by atoms with Crippen LogP contribution in [0.4, 0.5) is 0 Å². The molecule has 0 aliphatic rings. The summed E-state index contributed by atoms with van der Waals surface area (Å²) in [7, 11) is 0. The summed E-state index contributed by atoms with van der Waals surface area (Å²) in [6.07, 6.45) is 6.12. The Balaban J connectivity index is 3.30. The molecule has 0 heterocycles. The molecule has 0 spiro atoms. The average molecular weight is 158 g/mol. The topological polar surface area (TPSA) is 0 Å². The summed E-state index contributed by atoms with van der Waals surface area (Å²) >= 11 is 1.98. The van der Waals surface area contributed by atoms with Crippen LogP contribution in [-0.4, -0.2) is 5.75 Å². The summed E-state index contributed by atoms with van der Waals surface area (Å²) in [4.78, 5) is 1.49. The lowest BCUT2D eigenvalue weighted by Crippen LogP contribution is -1.74. The van der Waals surface area contributed by atoms with Crippen molar-refractivity contribution >= 4 is 11.8 Å². The van der Waals surface area contributed by atoms with Crippen molar-refractivity contribution in [3.05, 3.63) is 11.0 Å². The maximum absolute atomic E-state index is 2.33. The van der Waals surface area contributed by atoms with Gasteiger partial charge in [0.05, 0.1) is 0 Å². The van der Waals surface area contributed by atoms with Crippen LogP contribution in [0.2, 0.25) is 0 Å². The van der Waals surface area contributed by atoms with Gasteiger partial charge in [0, 0.05) is 0 Å². The predicted octanol–water partition coefficient (Wildman–Crippen LogP) is 3.83. The van der Waals surface area contributed by atoms with Gasteiger partial charge in [-0.2, -0.15) is 0 Å². The van der Waals surface area contributed by atoms with Crippen LogP contribution in [-0.2, 0) is 0 Å². The fourth-order valence-corrected chi connectivity index (χ4v) is 1.43. The highest BCUT2D eigenvalue weighted by Gasteiger charge is 1.87. The van der Waals surface area contributed by atoms with E-state index in [0.29, 0.717) is 0 Å². The van der Waals surface area contributed by atoms with Crippen LogP contribution in [0.25, 0.3) is 0 Å². The van der Waals surface area contributed by atoms with Crippen LogP contribution in [0.1, 0.15) is 40.0 Å². The molecule has 0 aliphatic heterocycles. The zero-order valence-corrected chi connectivity index (χ0v) is 8.13. The van der Waals surface area contributed by atoms with E-state index < -0.39 is 0 Å². The summed E-state index contributed by atoms with van der Waals surface area (Å²) in [5.74, 6) is 1.27. The zero-order chi connectivity index (χ0) is 7.82.